The number of aliphatic carboxylic acids is 1. The molecule has 7 heteroatoms. The Labute approximate surface area is 111 Å². The summed E-state index contributed by atoms with van der Waals surface area (Å²) >= 11 is 1.43. The summed E-state index contributed by atoms with van der Waals surface area (Å²) in [5.41, 5.74) is 0. The number of hydrogen-bond acceptors (Lipinski definition) is 4. The molecule has 0 saturated heterocycles. The van der Waals surface area contributed by atoms with Crippen molar-refractivity contribution in [1.29, 1.82) is 0 Å². The second kappa shape index (κ2) is 5.81. The summed E-state index contributed by atoms with van der Waals surface area (Å²) < 4.78 is 26.4. The predicted molar refractivity (Wildman–Crippen MR) is 70.4 cm³/mol. The highest BCUT2D eigenvalue weighted by Gasteiger charge is 2.19. The molecular weight excluding hydrogens is 274 g/mol. The van der Waals surface area contributed by atoms with E-state index >= 15 is 0 Å². The fraction of sp³-hybridized carbons (Fsp3) is 0.545. The van der Waals surface area contributed by atoms with Crippen molar-refractivity contribution >= 4 is 27.3 Å². The Morgan fingerprint density at radius 1 is 1.50 bits per heavy atom. The number of carboxylic acids is 1. The van der Waals surface area contributed by atoms with Crippen molar-refractivity contribution in [2.24, 2.45) is 5.92 Å². The number of rotatable bonds is 6. The van der Waals surface area contributed by atoms with Gasteiger partial charge in [0.2, 0.25) is 10.0 Å². The number of sulfonamides is 1. The predicted octanol–water partition coefficient (Wildman–Crippen LogP) is 1.75. The smallest absolute Gasteiger partial charge is 0.306 e. The van der Waals surface area contributed by atoms with Crippen LogP contribution in [0.3, 0.4) is 0 Å². The van der Waals surface area contributed by atoms with Crippen LogP contribution in [0.2, 0.25) is 0 Å². The first-order valence-electron chi connectivity index (χ1n) is 5.53. The van der Waals surface area contributed by atoms with Gasteiger partial charge in [0.05, 0.1) is 10.8 Å². The van der Waals surface area contributed by atoms with Gasteiger partial charge in [0.1, 0.15) is 0 Å². The van der Waals surface area contributed by atoms with Gasteiger partial charge in [-0.1, -0.05) is 6.92 Å². The Morgan fingerprint density at radius 2 is 2.11 bits per heavy atom. The van der Waals surface area contributed by atoms with Crippen LogP contribution in [0.1, 0.15) is 23.1 Å². The lowest BCUT2D eigenvalue weighted by Crippen LogP contribution is -2.27. The van der Waals surface area contributed by atoms with Gasteiger partial charge in [-0.25, -0.2) is 13.1 Å². The van der Waals surface area contributed by atoms with Gasteiger partial charge in [0.25, 0.3) is 0 Å². The quantitative estimate of drug-likeness (QED) is 0.836. The first-order valence-corrected chi connectivity index (χ1v) is 7.83. The summed E-state index contributed by atoms with van der Waals surface area (Å²) in [6.45, 7) is 5.29. The molecule has 0 bridgehead atoms. The van der Waals surface area contributed by atoms with E-state index in [2.05, 4.69) is 4.72 Å². The highest BCUT2D eigenvalue weighted by Crippen LogP contribution is 2.24. The molecule has 2 N–H and O–H groups in total. The molecule has 0 fully saturated rings. The van der Waals surface area contributed by atoms with Crippen LogP contribution in [0.25, 0.3) is 0 Å². The van der Waals surface area contributed by atoms with Crippen LogP contribution in [-0.4, -0.2) is 26.0 Å². The fourth-order valence-corrected chi connectivity index (χ4v) is 4.09. The third-order valence-corrected chi connectivity index (χ3v) is 5.26. The average Bonchev–Trinajstić information content (AvgIpc) is 2.58. The third-order valence-electron chi connectivity index (χ3n) is 2.58. The zero-order chi connectivity index (χ0) is 13.9. The molecule has 0 saturated carbocycles. The summed E-state index contributed by atoms with van der Waals surface area (Å²) in [6, 6.07) is 1.63. The average molecular weight is 291 g/mol. The maximum Gasteiger partial charge on any atom is 0.306 e. The molecule has 1 heterocycles. The van der Waals surface area contributed by atoms with Crippen molar-refractivity contribution in [1.82, 2.24) is 4.72 Å². The van der Waals surface area contributed by atoms with Crippen molar-refractivity contribution in [2.45, 2.75) is 32.1 Å². The van der Waals surface area contributed by atoms with E-state index in [0.29, 0.717) is 0 Å². The Bertz CT molecular complexity index is 533. The van der Waals surface area contributed by atoms with Crippen molar-refractivity contribution in [2.75, 3.05) is 6.54 Å². The summed E-state index contributed by atoms with van der Waals surface area (Å²) in [4.78, 5) is 12.6. The van der Waals surface area contributed by atoms with Gasteiger partial charge >= 0.3 is 5.97 Å². The highest BCUT2D eigenvalue weighted by atomic mass is 32.2. The van der Waals surface area contributed by atoms with Crippen LogP contribution in [0.15, 0.2) is 11.0 Å². The van der Waals surface area contributed by atoms with E-state index in [1.54, 1.807) is 19.9 Å². The van der Waals surface area contributed by atoms with Gasteiger partial charge < -0.3 is 5.11 Å². The number of carbonyl (C=O) groups is 1. The maximum absolute atomic E-state index is 12.0. The van der Waals surface area contributed by atoms with E-state index < -0.39 is 21.9 Å². The number of nitrogens with one attached hydrogen (secondary N) is 1. The minimum atomic E-state index is -3.52. The van der Waals surface area contributed by atoms with E-state index in [1.807, 2.05) is 6.92 Å². The largest absolute Gasteiger partial charge is 0.481 e. The fourth-order valence-electron chi connectivity index (χ4n) is 1.49. The Hall–Kier alpha value is -0.920. The van der Waals surface area contributed by atoms with Gasteiger partial charge in [-0.2, -0.15) is 0 Å². The number of carboxylic acid groups (broad SMARTS) is 1. The molecule has 0 aliphatic rings. The molecule has 1 aromatic heterocycles. The van der Waals surface area contributed by atoms with Crippen LogP contribution >= 0.6 is 11.3 Å². The summed E-state index contributed by atoms with van der Waals surface area (Å²) in [5, 5.41) is 8.70. The summed E-state index contributed by atoms with van der Waals surface area (Å²) in [6.07, 6.45) is 0.275. The second-order valence-electron chi connectivity index (χ2n) is 4.20. The van der Waals surface area contributed by atoms with E-state index in [9.17, 15) is 13.2 Å². The van der Waals surface area contributed by atoms with Crippen LogP contribution in [0.5, 0.6) is 0 Å². The molecule has 5 nitrogen and oxygen atoms in total. The molecule has 1 aromatic rings. The summed E-state index contributed by atoms with van der Waals surface area (Å²) in [7, 11) is -3.52. The van der Waals surface area contributed by atoms with Crippen molar-refractivity contribution < 1.29 is 18.3 Å². The minimum absolute atomic E-state index is 0.129. The van der Waals surface area contributed by atoms with E-state index in [4.69, 9.17) is 5.11 Å². The first kappa shape index (κ1) is 15.1. The Balaban J connectivity index is 2.66. The molecule has 0 aromatic carbocycles. The van der Waals surface area contributed by atoms with E-state index in [-0.39, 0.29) is 17.9 Å². The van der Waals surface area contributed by atoms with Crippen molar-refractivity contribution in [3.8, 4) is 0 Å². The lowest BCUT2D eigenvalue weighted by Gasteiger charge is -2.08. The monoisotopic (exact) mass is 291 g/mol. The molecule has 0 aliphatic carbocycles. The lowest BCUT2D eigenvalue weighted by molar-refractivity contribution is -0.141. The van der Waals surface area contributed by atoms with Crippen LogP contribution in [0.4, 0.5) is 0 Å². The van der Waals surface area contributed by atoms with Gasteiger partial charge in [0.15, 0.2) is 0 Å². The topological polar surface area (TPSA) is 83.5 Å². The molecule has 1 rings (SSSR count). The van der Waals surface area contributed by atoms with Crippen molar-refractivity contribution in [3.63, 3.8) is 0 Å². The van der Waals surface area contributed by atoms with Gasteiger partial charge in [-0.15, -0.1) is 11.3 Å². The number of aryl methyl sites for hydroxylation is 2. The molecule has 0 spiro atoms. The Morgan fingerprint density at radius 3 is 2.56 bits per heavy atom. The normalized spacial score (nSPS) is 13.5. The van der Waals surface area contributed by atoms with E-state index in [1.165, 1.54) is 11.3 Å². The van der Waals surface area contributed by atoms with Crippen LogP contribution in [-0.2, 0) is 14.8 Å². The maximum atomic E-state index is 12.0. The Kier molecular flexibility index (Phi) is 4.89. The molecule has 0 aliphatic heterocycles. The van der Waals surface area contributed by atoms with Crippen LogP contribution in [0, 0.1) is 19.8 Å². The molecular formula is C11H17NO4S2. The zero-order valence-corrected chi connectivity index (χ0v) is 12.2. The standard InChI is InChI=1S/C11H17NO4S2/c1-7(11(13)14)4-5-12-18(15,16)10-6-8(2)17-9(10)3/h6-7,12H,4-5H2,1-3H3,(H,13,14). The lowest BCUT2D eigenvalue weighted by atomic mass is 10.1. The highest BCUT2D eigenvalue weighted by molar-refractivity contribution is 7.89. The first-order chi connectivity index (χ1) is 8.24. The molecule has 0 amide bonds. The van der Waals surface area contributed by atoms with Gasteiger partial charge in [0, 0.05) is 16.3 Å². The molecule has 102 valence electrons. The third kappa shape index (κ3) is 3.79. The summed E-state index contributed by atoms with van der Waals surface area (Å²) in [5.74, 6) is -1.48. The molecule has 1 unspecified atom stereocenters. The zero-order valence-electron chi connectivity index (χ0n) is 10.6. The molecule has 1 atom stereocenters. The molecule has 18 heavy (non-hydrogen) atoms. The second-order valence-corrected chi connectivity index (χ2v) is 7.40. The molecule has 0 radical (unpaired) electrons. The van der Waals surface area contributed by atoms with Gasteiger partial charge in [-0.05, 0) is 26.3 Å². The minimum Gasteiger partial charge on any atom is -0.481 e. The van der Waals surface area contributed by atoms with Gasteiger partial charge in [-0.3, -0.25) is 4.79 Å². The van der Waals surface area contributed by atoms with E-state index in [0.717, 1.165) is 9.75 Å². The number of hydrogen-bond donors (Lipinski definition) is 2. The van der Waals surface area contributed by atoms with Crippen molar-refractivity contribution in [3.05, 3.63) is 15.8 Å². The SMILES string of the molecule is Cc1cc(S(=O)(=O)NCCC(C)C(=O)O)c(C)s1. The number of thiophene rings is 1. The van der Waals surface area contributed by atoms with Crippen LogP contribution < -0.4 is 4.72 Å².